The number of methoxy groups -OCH3 is 1. The Bertz CT molecular complexity index is 446. The third-order valence-electron chi connectivity index (χ3n) is 3.53. The smallest absolute Gasteiger partial charge is 0.371 e. The van der Waals surface area contributed by atoms with Gasteiger partial charge in [0.25, 0.3) is 0 Å². The molecular weight excluding hydrogens is 264 g/mol. The van der Waals surface area contributed by atoms with Crippen LogP contribution in [0.3, 0.4) is 0 Å². The number of aliphatic carboxylic acids is 1. The number of unbranched alkanes of at least 4 members (excludes halogenated alkanes) is 5. The van der Waals surface area contributed by atoms with Crippen LogP contribution in [0.15, 0.2) is 30.0 Å². The van der Waals surface area contributed by atoms with E-state index in [1.165, 1.54) is 57.3 Å². The van der Waals surface area contributed by atoms with Gasteiger partial charge in [-0.05, 0) is 30.0 Å². The maximum absolute atomic E-state index is 10.9. The highest BCUT2D eigenvalue weighted by Gasteiger charge is 2.06. The van der Waals surface area contributed by atoms with Crippen LogP contribution in [0, 0.1) is 0 Å². The van der Waals surface area contributed by atoms with Gasteiger partial charge in [-0.3, -0.25) is 0 Å². The summed E-state index contributed by atoms with van der Waals surface area (Å²) >= 11 is 0. The highest BCUT2D eigenvalue weighted by Crippen LogP contribution is 2.13. The fourth-order valence-electron chi connectivity index (χ4n) is 2.25. The summed E-state index contributed by atoms with van der Waals surface area (Å²) in [4.78, 5) is 10.9. The molecule has 1 aromatic carbocycles. The molecule has 0 aliphatic heterocycles. The first-order chi connectivity index (χ1) is 10.2. The fraction of sp³-hybridized carbons (Fsp3) is 0.500. The molecular formula is C18H26O3. The average molecular weight is 290 g/mol. The van der Waals surface area contributed by atoms with E-state index in [2.05, 4.69) is 19.1 Å². The minimum absolute atomic E-state index is 0.0429. The van der Waals surface area contributed by atoms with Crippen molar-refractivity contribution in [3.8, 4) is 0 Å². The zero-order valence-electron chi connectivity index (χ0n) is 13.1. The number of hydrogen-bond donors (Lipinski definition) is 1. The molecule has 116 valence electrons. The van der Waals surface area contributed by atoms with Gasteiger partial charge in [0.05, 0.1) is 7.11 Å². The number of benzene rings is 1. The van der Waals surface area contributed by atoms with E-state index < -0.39 is 5.97 Å². The van der Waals surface area contributed by atoms with Crippen molar-refractivity contribution >= 4 is 12.0 Å². The van der Waals surface area contributed by atoms with Crippen molar-refractivity contribution in [3.63, 3.8) is 0 Å². The van der Waals surface area contributed by atoms with E-state index in [0.717, 1.165) is 12.0 Å². The van der Waals surface area contributed by atoms with E-state index in [4.69, 9.17) is 9.84 Å². The molecule has 1 N–H and O–H groups in total. The third-order valence-corrected chi connectivity index (χ3v) is 3.53. The van der Waals surface area contributed by atoms with Gasteiger partial charge >= 0.3 is 5.97 Å². The molecule has 3 nitrogen and oxygen atoms in total. The van der Waals surface area contributed by atoms with Crippen molar-refractivity contribution in [1.29, 1.82) is 0 Å². The van der Waals surface area contributed by atoms with Crippen LogP contribution in [0.1, 0.15) is 56.6 Å². The van der Waals surface area contributed by atoms with Gasteiger partial charge in [-0.15, -0.1) is 0 Å². The van der Waals surface area contributed by atoms with Crippen LogP contribution < -0.4 is 0 Å². The molecule has 0 bridgehead atoms. The van der Waals surface area contributed by atoms with Crippen LogP contribution in [0.4, 0.5) is 0 Å². The van der Waals surface area contributed by atoms with Crippen LogP contribution in [0.25, 0.3) is 6.08 Å². The van der Waals surface area contributed by atoms with Gasteiger partial charge in [0.2, 0.25) is 5.76 Å². The number of rotatable bonds is 10. The molecule has 0 saturated heterocycles. The van der Waals surface area contributed by atoms with Crippen molar-refractivity contribution in [2.24, 2.45) is 0 Å². The van der Waals surface area contributed by atoms with E-state index in [9.17, 15) is 4.79 Å². The highest BCUT2D eigenvalue weighted by molar-refractivity contribution is 5.89. The first-order valence-electron chi connectivity index (χ1n) is 7.75. The molecule has 0 unspecified atom stereocenters. The third kappa shape index (κ3) is 6.98. The number of aryl methyl sites for hydroxylation is 1. The summed E-state index contributed by atoms with van der Waals surface area (Å²) < 4.78 is 4.82. The maximum Gasteiger partial charge on any atom is 0.371 e. The lowest BCUT2D eigenvalue weighted by molar-refractivity contribution is -0.135. The standard InChI is InChI=1S/C18H26O3/c1-3-4-5-6-7-8-9-15-10-12-16(13-11-15)14-17(21-2)18(19)20/h10-14H,3-9H2,1-2H3,(H,19,20). The Morgan fingerprint density at radius 3 is 2.29 bits per heavy atom. The molecule has 0 spiro atoms. The number of hydrogen-bond acceptors (Lipinski definition) is 2. The van der Waals surface area contributed by atoms with Crippen LogP contribution in [0.5, 0.6) is 0 Å². The Balaban J connectivity index is 2.42. The Morgan fingerprint density at radius 2 is 1.71 bits per heavy atom. The molecule has 3 heteroatoms. The van der Waals surface area contributed by atoms with Crippen LogP contribution in [0.2, 0.25) is 0 Å². The summed E-state index contributed by atoms with van der Waals surface area (Å²) in [7, 11) is 1.37. The molecule has 0 saturated carbocycles. The summed E-state index contributed by atoms with van der Waals surface area (Å²) in [6, 6.07) is 8.00. The molecule has 0 heterocycles. The molecule has 0 aliphatic rings. The summed E-state index contributed by atoms with van der Waals surface area (Å²) in [5, 5.41) is 8.90. The predicted octanol–water partition coefficient (Wildman–Crippen LogP) is 4.66. The maximum atomic E-state index is 10.9. The van der Waals surface area contributed by atoms with Gasteiger partial charge in [0.1, 0.15) is 0 Å². The largest absolute Gasteiger partial charge is 0.490 e. The van der Waals surface area contributed by atoms with Crippen LogP contribution >= 0.6 is 0 Å². The normalized spacial score (nSPS) is 11.4. The van der Waals surface area contributed by atoms with E-state index in [1.54, 1.807) is 0 Å². The summed E-state index contributed by atoms with van der Waals surface area (Å²) in [6.07, 6.45) is 10.4. The second-order valence-corrected chi connectivity index (χ2v) is 5.28. The quantitative estimate of drug-likeness (QED) is 0.387. The zero-order chi connectivity index (χ0) is 15.5. The monoisotopic (exact) mass is 290 g/mol. The van der Waals surface area contributed by atoms with Gasteiger partial charge in [-0.25, -0.2) is 4.79 Å². The van der Waals surface area contributed by atoms with Gasteiger partial charge in [0, 0.05) is 0 Å². The van der Waals surface area contributed by atoms with E-state index in [1.807, 2.05) is 12.1 Å². The SMILES string of the molecule is CCCCCCCCc1ccc(C=C(OC)C(=O)O)cc1. The molecule has 0 aliphatic carbocycles. The molecule has 1 rings (SSSR count). The van der Waals surface area contributed by atoms with Gasteiger partial charge in [-0.1, -0.05) is 63.3 Å². The Hall–Kier alpha value is -1.77. The van der Waals surface area contributed by atoms with Crippen molar-refractivity contribution in [2.75, 3.05) is 7.11 Å². The topological polar surface area (TPSA) is 46.5 Å². The first-order valence-corrected chi connectivity index (χ1v) is 7.75. The second kappa shape index (κ2) is 10.0. The predicted molar refractivity (Wildman–Crippen MR) is 86.1 cm³/mol. The lowest BCUT2D eigenvalue weighted by Crippen LogP contribution is -2.01. The average Bonchev–Trinajstić information content (AvgIpc) is 2.49. The lowest BCUT2D eigenvalue weighted by atomic mass is 10.0. The van der Waals surface area contributed by atoms with Crippen molar-refractivity contribution in [2.45, 2.75) is 51.9 Å². The molecule has 21 heavy (non-hydrogen) atoms. The van der Waals surface area contributed by atoms with E-state index in [-0.39, 0.29) is 5.76 Å². The molecule has 0 aromatic heterocycles. The molecule has 0 fully saturated rings. The van der Waals surface area contributed by atoms with Crippen molar-refractivity contribution in [3.05, 3.63) is 41.2 Å². The molecule has 1 aromatic rings. The van der Waals surface area contributed by atoms with Gasteiger partial charge < -0.3 is 9.84 Å². The Morgan fingerprint density at radius 1 is 1.10 bits per heavy atom. The Labute approximate surface area is 127 Å². The fourth-order valence-corrected chi connectivity index (χ4v) is 2.25. The van der Waals surface area contributed by atoms with Crippen LogP contribution in [-0.2, 0) is 16.0 Å². The number of carboxylic acid groups (broad SMARTS) is 1. The van der Waals surface area contributed by atoms with E-state index >= 15 is 0 Å². The van der Waals surface area contributed by atoms with E-state index in [0.29, 0.717) is 0 Å². The molecule has 0 atom stereocenters. The second-order valence-electron chi connectivity index (χ2n) is 5.28. The number of carboxylic acids is 1. The van der Waals surface area contributed by atoms with Gasteiger partial charge in [0.15, 0.2) is 0 Å². The molecule has 0 amide bonds. The minimum Gasteiger partial charge on any atom is -0.490 e. The summed E-state index contributed by atoms with van der Waals surface area (Å²) in [5.41, 5.74) is 2.15. The lowest BCUT2D eigenvalue weighted by Gasteiger charge is -2.04. The van der Waals surface area contributed by atoms with Crippen LogP contribution in [-0.4, -0.2) is 18.2 Å². The highest BCUT2D eigenvalue weighted by atomic mass is 16.5. The number of ether oxygens (including phenoxy) is 1. The van der Waals surface area contributed by atoms with Gasteiger partial charge in [-0.2, -0.15) is 0 Å². The Kier molecular flexibility index (Phi) is 8.25. The minimum atomic E-state index is -1.05. The summed E-state index contributed by atoms with van der Waals surface area (Å²) in [6.45, 7) is 2.23. The van der Waals surface area contributed by atoms with Crippen molar-refractivity contribution < 1.29 is 14.6 Å². The summed E-state index contributed by atoms with van der Waals surface area (Å²) in [5.74, 6) is -1.09. The number of carbonyl (C=O) groups is 1. The zero-order valence-corrected chi connectivity index (χ0v) is 13.1. The first kappa shape index (κ1) is 17.3. The van der Waals surface area contributed by atoms with Crippen molar-refractivity contribution in [1.82, 2.24) is 0 Å². The molecule has 0 radical (unpaired) electrons.